The second-order valence-electron chi connectivity index (χ2n) is 10.1. The number of amides is 1. The molecule has 3 aromatic rings. The maximum Gasteiger partial charge on any atom is 0.243 e. The number of aryl methyl sites for hydroxylation is 1. The van der Waals surface area contributed by atoms with E-state index in [1.54, 1.807) is 24.3 Å². The van der Waals surface area contributed by atoms with Crippen LogP contribution < -0.4 is 11.1 Å². The normalized spacial score (nSPS) is 13.8. The predicted molar refractivity (Wildman–Crippen MR) is 148 cm³/mol. The quantitative estimate of drug-likeness (QED) is 0.239. The van der Waals surface area contributed by atoms with Crippen molar-refractivity contribution in [3.8, 4) is 0 Å². The fourth-order valence-corrected chi connectivity index (χ4v) is 6.26. The number of para-hydroxylation sites is 1. The number of rotatable bonds is 14. The summed E-state index contributed by atoms with van der Waals surface area (Å²) in [6, 6.07) is 13.5. The first-order chi connectivity index (χ1) is 17.6. The van der Waals surface area contributed by atoms with Gasteiger partial charge in [-0.15, -0.1) is 0 Å². The lowest BCUT2D eigenvalue weighted by Crippen LogP contribution is -2.44. The second-order valence-corrected chi connectivity index (χ2v) is 12.0. The first kappa shape index (κ1) is 28.8. The highest BCUT2D eigenvalue weighted by molar-refractivity contribution is 7.89. The van der Waals surface area contributed by atoms with E-state index >= 15 is 0 Å². The molecular weight excluding hydrogens is 488 g/mol. The highest BCUT2D eigenvalue weighted by Gasteiger charge is 2.31. The van der Waals surface area contributed by atoms with Crippen LogP contribution in [-0.2, 0) is 21.2 Å². The molecule has 0 spiro atoms. The lowest BCUT2D eigenvalue weighted by Gasteiger charge is -2.31. The number of sulfonamides is 1. The summed E-state index contributed by atoms with van der Waals surface area (Å²) < 4.78 is 28.2. The Morgan fingerprint density at radius 1 is 1.11 bits per heavy atom. The van der Waals surface area contributed by atoms with E-state index in [4.69, 9.17) is 5.73 Å². The van der Waals surface area contributed by atoms with Crippen LogP contribution in [0.15, 0.2) is 59.6 Å². The largest absolute Gasteiger partial charge is 0.395 e. The van der Waals surface area contributed by atoms with Gasteiger partial charge in [0.1, 0.15) is 0 Å². The molecule has 0 bridgehead atoms. The summed E-state index contributed by atoms with van der Waals surface area (Å²) in [4.78, 5) is 16.0. The number of hydrogen-bond donors (Lipinski definition) is 4. The number of aromatic amines is 1. The molecule has 0 aliphatic carbocycles. The van der Waals surface area contributed by atoms with Gasteiger partial charge in [0, 0.05) is 36.2 Å². The highest BCUT2D eigenvalue weighted by atomic mass is 32.2. The molecule has 3 rings (SSSR count). The first-order valence-corrected chi connectivity index (χ1v) is 14.3. The standard InChI is InChI=1S/C28H40N4O4S/c1-20(2)18-32(37(35,36)24-13-11-21(3)12-14-24)23(19-33)8-6-7-15-30-28(34)26(29)16-22-17-31-27-10-5-4-9-25(22)27/h4-5,9-14,17,20,23,26,31,33H,6-8,15-16,18-19,29H2,1-3H3,(H,30,34)/t23-,26-/m0/s1. The number of aliphatic hydroxyl groups is 1. The van der Waals surface area contributed by atoms with Crippen LogP contribution >= 0.6 is 0 Å². The van der Waals surface area contributed by atoms with Crippen LogP contribution in [-0.4, -0.2) is 60.5 Å². The number of carbonyl (C=O) groups excluding carboxylic acids is 1. The Balaban J connectivity index is 1.51. The molecule has 1 heterocycles. The number of unbranched alkanes of at least 4 members (excludes halogenated alkanes) is 1. The van der Waals surface area contributed by atoms with Crippen LogP contribution in [0, 0.1) is 12.8 Å². The number of aliphatic hydroxyl groups excluding tert-OH is 1. The summed E-state index contributed by atoms with van der Waals surface area (Å²) in [7, 11) is -3.75. The van der Waals surface area contributed by atoms with Gasteiger partial charge >= 0.3 is 0 Å². The number of fused-ring (bicyclic) bond motifs is 1. The lowest BCUT2D eigenvalue weighted by molar-refractivity contribution is -0.122. The third-order valence-corrected chi connectivity index (χ3v) is 8.44. The van der Waals surface area contributed by atoms with E-state index < -0.39 is 22.1 Å². The maximum absolute atomic E-state index is 13.4. The molecule has 1 aromatic heterocycles. The van der Waals surface area contributed by atoms with Gasteiger partial charge in [-0.2, -0.15) is 4.31 Å². The summed E-state index contributed by atoms with van der Waals surface area (Å²) in [6.45, 7) is 6.32. The molecule has 1 amide bonds. The van der Waals surface area contributed by atoms with Gasteiger partial charge in [0.2, 0.25) is 15.9 Å². The van der Waals surface area contributed by atoms with Crippen LogP contribution in [0.5, 0.6) is 0 Å². The third kappa shape index (κ3) is 7.64. The fraction of sp³-hybridized carbons (Fsp3) is 0.464. The molecule has 0 unspecified atom stereocenters. The van der Waals surface area contributed by atoms with Crippen molar-refractivity contribution < 1.29 is 18.3 Å². The zero-order valence-electron chi connectivity index (χ0n) is 22.0. The van der Waals surface area contributed by atoms with E-state index in [0.29, 0.717) is 38.8 Å². The Morgan fingerprint density at radius 2 is 1.81 bits per heavy atom. The van der Waals surface area contributed by atoms with Crippen LogP contribution in [0.3, 0.4) is 0 Å². The Kier molecular flexibility index (Phi) is 10.3. The molecule has 5 N–H and O–H groups in total. The number of hydrogen-bond acceptors (Lipinski definition) is 5. The number of nitrogens with two attached hydrogens (primary N) is 1. The van der Waals surface area contributed by atoms with Crippen molar-refractivity contribution in [2.24, 2.45) is 11.7 Å². The summed E-state index contributed by atoms with van der Waals surface area (Å²) >= 11 is 0. The SMILES string of the molecule is Cc1ccc(S(=O)(=O)N(CC(C)C)[C@H](CO)CCCCNC(=O)[C@@H](N)Cc2c[nH]c3ccccc23)cc1. The van der Waals surface area contributed by atoms with Gasteiger partial charge in [-0.25, -0.2) is 8.42 Å². The van der Waals surface area contributed by atoms with E-state index in [9.17, 15) is 18.3 Å². The fourth-order valence-electron chi connectivity index (χ4n) is 4.45. The van der Waals surface area contributed by atoms with Gasteiger partial charge < -0.3 is 21.1 Å². The van der Waals surface area contributed by atoms with Crippen molar-refractivity contribution in [2.45, 2.75) is 63.4 Å². The predicted octanol–water partition coefficient (Wildman–Crippen LogP) is 3.34. The van der Waals surface area contributed by atoms with Crippen molar-refractivity contribution in [2.75, 3.05) is 19.7 Å². The monoisotopic (exact) mass is 528 g/mol. The molecule has 37 heavy (non-hydrogen) atoms. The Labute approximate surface area is 220 Å². The minimum absolute atomic E-state index is 0.104. The molecule has 2 atom stereocenters. The molecule has 9 heteroatoms. The van der Waals surface area contributed by atoms with E-state index in [2.05, 4.69) is 10.3 Å². The molecule has 0 saturated carbocycles. The Morgan fingerprint density at radius 3 is 2.49 bits per heavy atom. The molecule has 0 aliphatic heterocycles. The molecule has 202 valence electrons. The number of benzene rings is 2. The summed E-state index contributed by atoms with van der Waals surface area (Å²) in [5, 5.41) is 14.0. The van der Waals surface area contributed by atoms with Crippen molar-refractivity contribution in [1.82, 2.24) is 14.6 Å². The summed E-state index contributed by atoms with van der Waals surface area (Å²) in [6.07, 6.45) is 4.12. The van der Waals surface area contributed by atoms with Gasteiger partial charge in [0.05, 0.1) is 17.5 Å². The highest BCUT2D eigenvalue weighted by Crippen LogP contribution is 2.23. The smallest absolute Gasteiger partial charge is 0.243 e. The minimum Gasteiger partial charge on any atom is -0.395 e. The van der Waals surface area contributed by atoms with E-state index in [-0.39, 0.29) is 23.3 Å². The van der Waals surface area contributed by atoms with Gasteiger partial charge in [0.25, 0.3) is 0 Å². The molecule has 8 nitrogen and oxygen atoms in total. The molecular formula is C28H40N4O4S. The molecule has 2 aromatic carbocycles. The molecule has 0 aliphatic rings. The Hall–Kier alpha value is -2.72. The number of H-pyrrole nitrogens is 1. The van der Waals surface area contributed by atoms with E-state index in [1.165, 1.54) is 4.31 Å². The topological polar surface area (TPSA) is 129 Å². The van der Waals surface area contributed by atoms with Crippen LogP contribution in [0.25, 0.3) is 10.9 Å². The van der Waals surface area contributed by atoms with Gasteiger partial charge in [0.15, 0.2) is 0 Å². The lowest BCUT2D eigenvalue weighted by atomic mass is 10.0. The van der Waals surface area contributed by atoms with Crippen molar-refractivity contribution in [3.05, 3.63) is 65.9 Å². The van der Waals surface area contributed by atoms with Crippen molar-refractivity contribution in [3.63, 3.8) is 0 Å². The van der Waals surface area contributed by atoms with Gasteiger partial charge in [-0.05, 0) is 55.9 Å². The zero-order chi connectivity index (χ0) is 27.0. The summed E-state index contributed by atoms with van der Waals surface area (Å²) in [5.74, 6) is -0.112. The van der Waals surface area contributed by atoms with Crippen LogP contribution in [0.2, 0.25) is 0 Å². The molecule has 0 radical (unpaired) electrons. The van der Waals surface area contributed by atoms with Gasteiger partial charge in [-0.1, -0.05) is 56.2 Å². The molecule has 0 fully saturated rings. The zero-order valence-corrected chi connectivity index (χ0v) is 22.8. The van der Waals surface area contributed by atoms with Crippen molar-refractivity contribution >= 4 is 26.8 Å². The van der Waals surface area contributed by atoms with E-state index in [0.717, 1.165) is 22.0 Å². The minimum atomic E-state index is -3.75. The second kappa shape index (κ2) is 13.2. The van der Waals surface area contributed by atoms with Crippen LogP contribution in [0.4, 0.5) is 0 Å². The van der Waals surface area contributed by atoms with Crippen LogP contribution in [0.1, 0.15) is 44.2 Å². The molecule has 0 saturated heterocycles. The number of nitrogens with one attached hydrogen (secondary N) is 2. The Bertz CT molecular complexity index is 1250. The number of carbonyl (C=O) groups is 1. The number of nitrogens with zero attached hydrogens (tertiary/aromatic N) is 1. The maximum atomic E-state index is 13.4. The number of aromatic nitrogens is 1. The van der Waals surface area contributed by atoms with Gasteiger partial charge in [-0.3, -0.25) is 4.79 Å². The van der Waals surface area contributed by atoms with E-state index in [1.807, 2.05) is 51.2 Å². The first-order valence-electron chi connectivity index (χ1n) is 12.9. The average molecular weight is 529 g/mol. The summed E-state index contributed by atoms with van der Waals surface area (Å²) in [5.41, 5.74) is 9.15. The van der Waals surface area contributed by atoms with Crippen molar-refractivity contribution in [1.29, 1.82) is 0 Å². The third-order valence-electron chi connectivity index (χ3n) is 6.51. The average Bonchev–Trinajstić information content (AvgIpc) is 3.27.